The van der Waals surface area contributed by atoms with E-state index in [0.717, 1.165) is 4.47 Å². The molecule has 0 fully saturated rings. The normalized spacial score (nSPS) is 11.7. The Balaban J connectivity index is 1.84. The Morgan fingerprint density at radius 2 is 1.11 bits per heavy atom. The van der Waals surface area contributed by atoms with E-state index in [4.69, 9.17) is 0 Å². The molecule has 0 atom stereocenters. The van der Waals surface area contributed by atoms with Crippen LogP contribution >= 0.6 is 15.9 Å². The van der Waals surface area contributed by atoms with Crippen molar-refractivity contribution in [2.75, 3.05) is 0 Å². The van der Waals surface area contributed by atoms with Crippen LogP contribution in [0.4, 0.5) is 0 Å². The smallest absolute Gasteiger partial charge is 0.0480 e. The predicted octanol–water partition coefficient (Wildman–Crippen LogP) is 6.61. The molecule has 5 rings (SSSR count). The number of benzene rings is 3. The molecule has 0 saturated heterocycles. The van der Waals surface area contributed by atoms with Crippen LogP contribution in [-0.2, 0) is 14.1 Å². The lowest BCUT2D eigenvalue weighted by atomic mass is 9.85. The molecule has 0 unspecified atom stereocenters. The summed E-state index contributed by atoms with van der Waals surface area (Å²) in [5, 5.41) is 2.62. The van der Waals surface area contributed by atoms with E-state index in [1.807, 2.05) is 0 Å². The van der Waals surface area contributed by atoms with Crippen LogP contribution in [0.25, 0.3) is 21.8 Å². The van der Waals surface area contributed by atoms with Gasteiger partial charge in [0.05, 0.1) is 0 Å². The van der Waals surface area contributed by atoms with Gasteiger partial charge >= 0.3 is 0 Å². The summed E-state index contributed by atoms with van der Waals surface area (Å²) >= 11 is 3.59. The molecular formula is C25H21BrN2. The van der Waals surface area contributed by atoms with Crippen LogP contribution in [0.1, 0.15) is 22.6 Å². The maximum absolute atomic E-state index is 3.59. The van der Waals surface area contributed by atoms with Crippen molar-refractivity contribution < 1.29 is 0 Å². The summed E-state index contributed by atoms with van der Waals surface area (Å²) in [5.41, 5.74) is 6.52. The number of rotatable bonds is 3. The van der Waals surface area contributed by atoms with Gasteiger partial charge in [0.2, 0.25) is 0 Å². The van der Waals surface area contributed by atoms with Crippen molar-refractivity contribution in [1.29, 1.82) is 0 Å². The molecule has 0 aliphatic carbocycles. The fourth-order valence-corrected chi connectivity index (χ4v) is 4.65. The van der Waals surface area contributed by atoms with Crippen LogP contribution in [-0.4, -0.2) is 9.13 Å². The fourth-order valence-electron chi connectivity index (χ4n) is 4.39. The average molecular weight is 429 g/mol. The second-order valence-electron chi connectivity index (χ2n) is 7.41. The first-order chi connectivity index (χ1) is 13.6. The summed E-state index contributed by atoms with van der Waals surface area (Å²) in [6, 6.07) is 26.1. The molecule has 3 heteroatoms. The van der Waals surface area contributed by atoms with E-state index in [1.165, 1.54) is 38.5 Å². The first kappa shape index (κ1) is 17.3. The predicted molar refractivity (Wildman–Crippen MR) is 121 cm³/mol. The molecule has 3 aromatic carbocycles. The summed E-state index contributed by atoms with van der Waals surface area (Å²) in [4.78, 5) is 0. The first-order valence-electron chi connectivity index (χ1n) is 9.47. The van der Waals surface area contributed by atoms with E-state index in [0.29, 0.717) is 0 Å². The van der Waals surface area contributed by atoms with Gasteiger partial charge in [0.15, 0.2) is 0 Å². The molecule has 0 saturated carbocycles. The van der Waals surface area contributed by atoms with Crippen LogP contribution in [0.15, 0.2) is 89.7 Å². The zero-order valence-corrected chi connectivity index (χ0v) is 17.5. The molecule has 0 amide bonds. The molecule has 5 aromatic rings. The number of hydrogen-bond acceptors (Lipinski definition) is 0. The standard InChI is InChI=1S/C25H21BrN2/c1-27-15-21(19-7-3-5-9-23(19)27)25(17-11-13-18(26)14-12-17)22-16-28(2)24-10-6-4-8-20(22)24/h3-16,25H,1-2H3. The SMILES string of the molecule is Cn1cc(C(c2ccc(Br)cc2)c2cn(C)c3ccccc23)c2ccccc21. The molecule has 0 aliphatic rings. The summed E-state index contributed by atoms with van der Waals surface area (Å²) in [6.07, 6.45) is 4.58. The second-order valence-corrected chi connectivity index (χ2v) is 8.33. The highest BCUT2D eigenvalue weighted by molar-refractivity contribution is 9.10. The summed E-state index contributed by atoms with van der Waals surface area (Å²) < 4.78 is 5.58. The molecule has 138 valence electrons. The molecule has 0 bridgehead atoms. The minimum Gasteiger partial charge on any atom is -0.350 e. The Morgan fingerprint density at radius 1 is 0.643 bits per heavy atom. The van der Waals surface area contributed by atoms with Crippen LogP contribution in [0.5, 0.6) is 0 Å². The highest BCUT2D eigenvalue weighted by Gasteiger charge is 2.24. The van der Waals surface area contributed by atoms with Gasteiger partial charge in [0, 0.05) is 58.7 Å². The minimum absolute atomic E-state index is 0.172. The van der Waals surface area contributed by atoms with Gasteiger partial charge < -0.3 is 9.13 Å². The molecule has 0 spiro atoms. The monoisotopic (exact) mass is 428 g/mol. The van der Waals surface area contributed by atoms with Gasteiger partial charge in [0.1, 0.15) is 0 Å². The van der Waals surface area contributed by atoms with Crippen molar-refractivity contribution in [1.82, 2.24) is 9.13 Å². The Hall–Kier alpha value is -2.78. The van der Waals surface area contributed by atoms with E-state index in [9.17, 15) is 0 Å². The Labute approximate surface area is 173 Å². The summed E-state index contributed by atoms with van der Waals surface area (Å²) in [6.45, 7) is 0. The molecule has 2 nitrogen and oxygen atoms in total. The summed E-state index contributed by atoms with van der Waals surface area (Å²) in [5.74, 6) is 0.172. The molecule has 2 aromatic heterocycles. The second kappa shape index (κ2) is 6.68. The highest BCUT2D eigenvalue weighted by Crippen LogP contribution is 2.40. The van der Waals surface area contributed by atoms with E-state index >= 15 is 0 Å². The van der Waals surface area contributed by atoms with Gasteiger partial charge in [0.25, 0.3) is 0 Å². The van der Waals surface area contributed by atoms with E-state index in [1.54, 1.807) is 0 Å². The Kier molecular flexibility index (Phi) is 4.13. The summed E-state index contributed by atoms with van der Waals surface area (Å²) in [7, 11) is 4.27. The zero-order chi connectivity index (χ0) is 19.3. The largest absolute Gasteiger partial charge is 0.350 e. The number of para-hydroxylation sites is 2. The van der Waals surface area contributed by atoms with Gasteiger partial charge in [-0.05, 0) is 41.0 Å². The Morgan fingerprint density at radius 3 is 1.61 bits per heavy atom. The average Bonchev–Trinajstić information content (AvgIpc) is 3.22. The lowest BCUT2D eigenvalue weighted by molar-refractivity contribution is 0.912. The van der Waals surface area contributed by atoms with Crippen molar-refractivity contribution in [3.8, 4) is 0 Å². The van der Waals surface area contributed by atoms with Gasteiger partial charge in [-0.2, -0.15) is 0 Å². The van der Waals surface area contributed by atoms with Crippen molar-refractivity contribution in [2.24, 2.45) is 14.1 Å². The maximum atomic E-state index is 3.59. The number of aromatic nitrogens is 2. The maximum Gasteiger partial charge on any atom is 0.0480 e. The van der Waals surface area contributed by atoms with Crippen LogP contribution < -0.4 is 0 Å². The third kappa shape index (κ3) is 2.70. The zero-order valence-electron chi connectivity index (χ0n) is 15.9. The number of nitrogens with zero attached hydrogens (tertiary/aromatic N) is 2. The van der Waals surface area contributed by atoms with Crippen LogP contribution in [0.2, 0.25) is 0 Å². The number of aryl methyl sites for hydroxylation is 2. The van der Waals surface area contributed by atoms with Gasteiger partial charge in [-0.25, -0.2) is 0 Å². The lowest BCUT2D eigenvalue weighted by Crippen LogP contribution is -2.02. The van der Waals surface area contributed by atoms with Crippen LogP contribution in [0, 0.1) is 0 Å². The van der Waals surface area contributed by atoms with Crippen LogP contribution in [0.3, 0.4) is 0 Å². The number of halogens is 1. The highest BCUT2D eigenvalue weighted by atomic mass is 79.9. The quantitative estimate of drug-likeness (QED) is 0.305. The van der Waals surface area contributed by atoms with E-state index in [-0.39, 0.29) is 5.92 Å². The van der Waals surface area contributed by atoms with E-state index < -0.39 is 0 Å². The minimum atomic E-state index is 0.172. The topological polar surface area (TPSA) is 9.86 Å². The van der Waals surface area contributed by atoms with E-state index in [2.05, 4.69) is 124 Å². The Bertz CT molecular complexity index is 1210. The lowest BCUT2D eigenvalue weighted by Gasteiger charge is -2.17. The van der Waals surface area contributed by atoms with Crippen molar-refractivity contribution >= 4 is 37.7 Å². The molecule has 0 radical (unpaired) electrons. The molecule has 0 N–H and O–H groups in total. The number of fused-ring (bicyclic) bond motifs is 2. The molecule has 2 heterocycles. The van der Waals surface area contributed by atoms with Crippen molar-refractivity contribution in [3.05, 3.63) is 106 Å². The molecule has 28 heavy (non-hydrogen) atoms. The first-order valence-corrected chi connectivity index (χ1v) is 10.3. The van der Waals surface area contributed by atoms with Gasteiger partial charge in [-0.15, -0.1) is 0 Å². The molecule has 0 aliphatic heterocycles. The van der Waals surface area contributed by atoms with Gasteiger partial charge in [-0.3, -0.25) is 0 Å². The van der Waals surface area contributed by atoms with Crippen molar-refractivity contribution in [3.63, 3.8) is 0 Å². The number of hydrogen-bond donors (Lipinski definition) is 0. The molecular weight excluding hydrogens is 408 g/mol. The van der Waals surface area contributed by atoms with Gasteiger partial charge in [-0.1, -0.05) is 64.5 Å². The third-order valence-electron chi connectivity index (χ3n) is 5.68. The van der Waals surface area contributed by atoms with Crippen molar-refractivity contribution in [2.45, 2.75) is 5.92 Å². The fraction of sp³-hybridized carbons (Fsp3) is 0.120. The third-order valence-corrected chi connectivity index (χ3v) is 6.21.